The van der Waals surface area contributed by atoms with Crippen LogP contribution in [0.15, 0.2) is 18.2 Å². The summed E-state index contributed by atoms with van der Waals surface area (Å²) in [5.74, 6) is 2.42. The van der Waals surface area contributed by atoms with Gasteiger partial charge >= 0.3 is 0 Å². The number of nitrogens with two attached hydrogens (primary N) is 1. The predicted octanol–water partition coefficient (Wildman–Crippen LogP) is 4.22. The maximum atomic E-state index is 6.53. The number of ether oxygens (including phenoxy) is 1. The van der Waals surface area contributed by atoms with Crippen molar-refractivity contribution in [1.29, 1.82) is 0 Å². The molecule has 0 bridgehead atoms. The Morgan fingerprint density at radius 2 is 2.16 bits per heavy atom. The van der Waals surface area contributed by atoms with Crippen LogP contribution in [0, 0.1) is 18.8 Å². The molecule has 0 aromatic heterocycles. The lowest BCUT2D eigenvalue weighted by Gasteiger charge is -2.33. The average Bonchev–Trinajstić information content (AvgIpc) is 2.46. The van der Waals surface area contributed by atoms with Crippen LogP contribution in [0.2, 0.25) is 0 Å². The van der Waals surface area contributed by atoms with Crippen molar-refractivity contribution in [2.75, 3.05) is 7.11 Å². The van der Waals surface area contributed by atoms with Gasteiger partial charge in [-0.15, -0.1) is 0 Å². The van der Waals surface area contributed by atoms with E-state index in [0.717, 1.165) is 11.7 Å². The summed E-state index contributed by atoms with van der Waals surface area (Å²) >= 11 is 0. The number of aryl methyl sites for hydroxylation is 1. The SMILES string of the molecule is CCC1CCCC(C(N)c2ccc(C)cc2OC)C1. The minimum Gasteiger partial charge on any atom is -0.496 e. The Bertz CT molecular complexity index is 416. The maximum Gasteiger partial charge on any atom is 0.123 e. The van der Waals surface area contributed by atoms with Gasteiger partial charge in [-0.3, -0.25) is 0 Å². The fraction of sp³-hybridized carbons (Fsp3) is 0.647. The molecule has 3 unspecified atom stereocenters. The van der Waals surface area contributed by atoms with Crippen molar-refractivity contribution < 1.29 is 4.74 Å². The summed E-state index contributed by atoms with van der Waals surface area (Å²) < 4.78 is 5.51. The van der Waals surface area contributed by atoms with Crippen molar-refractivity contribution in [3.8, 4) is 5.75 Å². The molecule has 3 atom stereocenters. The van der Waals surface area contributed by atoms with Gasteiger partial charge in [0.25, 0.3) is 0 Å². The van der Waals surface area contributed by atoms with Crippen LogP contribution in [0.5, 0.6) is 5.75 Å². The summed E-state index contributed by atoms with van der Waals surface area (Å²) in [5.41, 5.74) is 8.93. The van der Waals surface area contributed by atoms with Gasteiger partial charge in [-0.25, -0.2) is 0 Å². The predicted molar refractivity (Wildman–Crippen MR) is 80.4 cm³/mol. The van der Waals surface area contributed by atoms with E-state index >= 15 is 0 Å². The average molecular weight is 261 g/mol. The Hall–Kier alpha value is -1.02. The van der Waals surface area contributed by atoms with Crippen molar-refractivity contribution in [2.24, 2.45) is 17.6 Å². The third-order valence-corrected chi connectivity index (χ3v) is 4.66. The highest BCUT2D eigenvalue weighted by Gasteiger charge is 2.28. The van der Waals surface area contributed by atoms with Gasteiger partial charge in [-0.05, 0) is 43.2 Å². The summed E-state index contributed by atoms with van der Waals surface area (Å²) in [6.07, 6.45) is 6.52. The van der Waals surface area contributed by atoms with Crippen LogP contribution < -0.4 is 10.5 Å². The van der Waals surface area contributed by atoms with Crippen molar-refractivity contribution in [1.82, 2.24) is 0 Å². The van der Waals surface area contributed by atoms with E-state index in [-0.39, 0.29) is 6.04 Å². The Balaban J connectivity index is 2.16. The molecular formula is C17H27NO. The Labute approximate surface area is 117 Å². The lowest BCUT2D eigenvalue weighted by Crippen LogP contribution is -2.27. The van der Waals surface area contributed by atoms with Crippen LogP contribution in [-0.2, 0) is 0 Å². The highest BCUT2D eigenvalue weighted by atomic mass is 16.5. The molecule has 1 aliphatic rings. The molecule has 0 amide bonds. The van der Waals surface area contributed by atoms with Gasteiger partial charge < -0.3 is 10.5 Å². The molecule has 1 aromatic rings. The molecule has 1 fully saturated rings. The van der Waals surface area contributed by atoms with Crippen molar-refractivity contribution in [3.05, 3.63) is 29.3 Å². The second kappa shape index (κ2) is 6.42. The summed E-state index contributed by atoms with van der Waals surface area (Å²) in [7, 11) is 1.74. The standard InChI is InChI=1S/C17H27NO/c1-4-13-6-5-7-14(11-13)17(18)15-9-8-12(2)10-16(15)19-3/h8-10,13-14,17H,4-7,11,18H2,1-3H3. The molecule has 1 aromatic carbocycles. The normalized spacial score (nSPS) is 25.1. The number of methoxy groups -OCH3 is 1. The molecule has 2 nitrogen and oxygen atoms in total. The Morgan fingerprint density at radius 3 is 2.84 bits per heavy atom. The fourth-order valence-corrected chi connectivity index (χ4v) is 3.38. The number of benzene rings is 1. The molecule has 1 aliphatic carbocycles. The van der Waals surface area contributed by atoms with E-state index in [4.69, 9.17) is 10.5 Å². The summed E-state index contributed by atoms with van der Waals surface area (Å²) in [4.78, 5) is 0. The zero-order valence-corrected chi connectivity index (χ0v) is 12.5. The first-order valence-electron chi connectivity index (χ1n) is 7.55. The van der Waals surface area contributed by atoms with E-state index in [1.54, 1.807) is 7.11 Å². The van der Waals surface area contributed by atoms with Crippen LogP contribution in [-0.4, -0.2) is 7.11 Å². The Morgan fingerprint density at radius 1 is 1.37 bits per heavy atom. The zero-order chi connectivity index (χ0) is 13.8. The lowest BCUT2D eigenvalue weighted by molar-refractivity contribution is 0.228. The molecule has 106 valence electrons. The van der Waals surface area contributed by atoms with E-state index in [1.807, 2.05) is 0 Å². The van der Waals surface area contributed by atoms with Gasteiger partial charge in [-0.1, -0.05) is 38.3 Å². The van der Waals surface area contributed by atoms with Gasteiger partial charge in [0.05, 0.1) is 7.11 Å². The largest absolute Gasteiger partial charge is 0.496 e. The molecule has 2 heteroatoms. The first-order valence-corrected chi connectivity index (χ1v) is 7.55. The van der Waals surface area contributed by atoms with Gasteiger partial charge in [0.15, 0.2) is 0 Å². The minimum absolute atomic E-state index is 0.116. The van der Waals surface area contributed by atoms with Crippen molar-refractivity contribution in [3.63, 3.8) is 0 Å². The van der Waals surface area contributed by atoms with E-state index in [1.165, 1.54) is 43.2 Å². The molecule has 2 rings (SSSR count). The van der Waals surface area contributed by atoms with Crippen LogP contribution in [0.1, 0.15) is 56.2 Å². The fourth-order valence-electron chi connectivity index (χ4n) is 3.38. The third-order valence-electron chi connectivity index (χ3n) is 4.66. The van der Waals surface area contributed by atoms with Crippen LogP contribution in [0.3, 0.4) is 0 Å². The highest BCUT2D eigenvalue weighted by molar-refractivity contribution is 5.39. The van der Waals surface area contributed by atoms with E-state index in [0.29, 0.717) is 5.92 Å². The third kappa shape index (κ3) is 3.30. The number of hydrogen-bond acceptors (Lipinski definition) is 2. The first kappa shape index (κ1) is 14.4. The minimum atomic E-state index is 0.116. The highest BCUT2D eigenvalue weighted by Crippen LogP contribution is 2.39. The molecular weight excluding hydrogens is 234 g/mol. The molecule has 0 heterocycles. The second-order valence-electron chi connectivity index (χ2n) is 5.97. The maximum absolute atomic E-state index is 6.53. The van der Waals surface area contributed by atoms with Crippen molar-refractivity contribution in [2.45, 2.75) is 52.0 Å². The Kier molecular flexibility index (Phi) is 4.87. The number of hydrogen-bond donors (Lipinski definition) is 1. The number of rotatable bonds is 4. The quantitative estimate of drug-likeness (QED) is 0.880. The van der Waals surface area contributed by atoms with Crippen LogP contribution in [0.4, 0.5) is 0 Å². The smallest absolute Gasteiger partial charge is 0.123 e. The summed E-state index contributed by atoms with van der Waals surface area (Å²) in [6, 6.07) is 6.49. The first-order chi connectivity index (χ1) is 9.15. The molecule has 19 heavy (non-hydrogen) atoms. The molecule has 0 aliphatic heterocycles. The summed E-state index contributed by atoms with van der Waals surface area (Å²) in [6.45, 7) is 4.39. The van der Waals surface area contributed by atoms with E-state index in [2.05, 4.69) is 32.0 Å². The van der Waals surface area contributed by atoms with Crippen LogP contribution >= 0.6 is 0 Å². The second-order valence-corrected chi connectivity index (χ2v) is 5.97. The monoisotopic (exact) mass is 261 g/mol. The zero-order valence-electron chi connectivity index (χ0n) is 12.5. The molecule has 1 saturated carbocycles. The molecule has 2 N–H and O–H groups in total. The van der Waals surface area contributed by atoms with E-state index in [9.17, 15) is 0 Å². The van der Waals surface area contributed by atoms with Gasteiger partial charge in [0, 0.05) is 11.6 Å². The van der Waals surface area contributed by atoms with Gasteiger partial charge in [0.1, 0.15) is 5.75 Å². The molecule has 0 radical (unpaired) electrons. The molecule has 0 saturated heterocycles. The lowest BCUT2D eigenvalue weighted by atomic mass is 9.75. The topological polar surface area (TPSA) is 35.2 Å². The van der Waals surface area contributed by atoms with Crippen molar-refractivity contribution >= 4 is 0 Å². The summed E-state index contributed by atoms with van der Waals surface area (Å²) in [5, 5.41) is 0. The van der Waals surface area contributed by atoms with Gasteiger partial charge in [-0.2, -0.15) is 0 Å². The van der Waals surface area contributed by atoms with Crippen LogP contribution in [0.25, 0.3) is 0 Å². The molecule has 0 spiro atoms. The van der Waals surface area contributed by atoms with Gasteiger partial charge in [0.2, 0.25) is 0 Å². The van der Waals surface area contributed by atoms with E-state index < -0.39 is 0 Å².